The van der Waals surface area contributed by atoms with Crippen LogP contribution in [0.25, 0.3) is 5.65 Å². The summed E-state index contributed by atoms with van der Waals surface area (Å²) in [4.78, 5) is 3.53. The van der Waals surface area contributed by atoms with Crippen LogP contribution in [0.5, 0.6) is 0 Å². The Morgan fingerprint density at radius 1 is 1.44 bits per heavy atom. The van der Waals surface area contributed by atoms with Gasteiger partial charge in [0.25, 0.3) is 0 Å². The van der Waals surface area contributed by atoms with E-state index in [9.17, 15) is 13.2 Å². The maximum Gasteiger partial charge on any atom is 0.433 e. The van der Waals surface area contributed by atoms with Crippen molar-refractivity contribution in [3.05, 3.63) is 28.7 Å². The Morgan fingerprint density at radius 3 is 2.69 bits per heavy atom. The van der Waals surface area contributed by atoms with Gasteiger partial charge in [0.2, 0.25) is 0 Å². The first-order valence-electron chi connectivity index (χ1n) is 4.54. The van der Waals surface area contributed by atoms with Gasteiger partial charge in [0.1, 0.15) is 10.8 Å². The van der Waals surface area contributed by atoms with E-state index in [1.54, 1.807) is 0 Å². The molecular weight excluding hydrogens is 243 g/mol. The fourth-order valence-corrected chi connectivity index (χ4v) is 1.59. The monoisotopic (exact) mass is 249 g/mol. The molecule has 2 aromatic rings. The molecule has 2 rings (SSSR count). The molecule has 0 saturated heterocycles. The van der Waals surface area contributed by atoms with Gasteiger partial charge in [0.15, 0.2) is 5.65 Å². The van der Waals surface area contributed by atoms with E-state index < -0.39 is 11.9 Å². The van der Waals surface area contributed by atoms with Crippen molar-refractivity contribution in [1.82, 2.24) is 14.6 Å². The third kappa shape index (κ3) is 1.73. The number of fused-ring (bicyclic) bond motifs is 1. The predicted molar refractivity (Wildman–Crippen MR) is 52.4 cm³/mol. The van der Waals surface area contributed by atoms with Crippen LogP contribution in [0.2, 0.25) is 5.15 Å². The highest BCUT2D eigenvalue weighted by atomic mass is 35.5. The number of alkyl halides is 3. The molecule has 0 saturated carbocycles. The molecule has 0 aliphatic heterocycles. The van der Waals surface area contributed by atoms with Gasteiger partial charge < -0.3 is 0 Å². The summed E-state index contributed by atoms with van der Waals surface area (Å²) in [5, 5.41) is 3.77. The number of hydrogen-bond acceptors (Lipinski definition) is 2. The van der Waals surface area contributed by atoms with Gasteiger partial charge >= 0.3 is 6.18 Å². The summed E-state index contributed by atoms with van der Waals surface area (Å²) in [6.45, 7) is 1.81. The number of halogens is 4. The van der Waals surface area contributed by atoms with Gasteiger partial charge in [-0.1, -0.05) is 18.5 Å². The summed E-state index contributed by atoms with van der Waals surface area (Å²) in [5.41, 5.74) is -0.212. The predicted octanol–water partition coefficient (Wildman–Crippen LogP) is 2.96. The Bertz CT molecular complexity index is 533. The standard InChI is InChI=1S/C9H7ClF3N3/c1-2-5-4-14-16-7(10)3-6(9(11,12)13)15-8(5)16/h3-4H,2H2,1H3. The van der Waals surface area contributed by atoms with E-state index >= 15 is 0 Å². The van der Waals surface area contributed by atoms with E-state index in [2.05, 4.69) is 10.1 Å². The van der Waals surface area contributed by atoms with Crippen molar-refractivity contribution in [2.24, 2.45) is 0 Å². The zero-order valence-electron chi connectivity index (χ0n) is 8.22. The van der Waals surface area contributed by atoms with E-state index in [4.69, 9.17) is 11.6 Å². The topological polar surface area (TPSA) is 30.2 Å². The lowest BCUT2D eigenvalue weighted by molar-refractivity contribution is -0.141. The highest BCUT2D eigenvalue weighted by molar-refractivity contribution is 6.29. The van der Waals surface area contributed by atoms with E-state index in [0.717, 1.165) is 6.07 Å². The fraction of sp³-hybridized carbons (Fsp3) is 0.333. The van der Waals surface area contributed by atoms with Crippen molar-refractivity contribution in [2.45, 2.75) is 19.5 Å². The summed E-state index contributed by atoms with van der Waals surface area (Å²) in [6.07, 6.45) is -2.48. The number of nitrogens with zero attached hydrogens (tertiary/aromatic N) is 3. The summed E-state index contributed by atoms with van der Waals surface area (Å²) in [5.74, 6) is 0. The first kappa shape index (κ1) is 11.2. The summed E-state index contributed by atoms with van der Waals surface area (Å²) >= 11 is 5.70. The minimum absolute atomic E-state index is 0.1000. The summed E-state index contributed by atoms with van der Waals surface area (Å²) < 4.78 is 38.7. The molecule has 7 heteroatoms. The van der Waals surface area contributed by atoms with Gasteiger partial charge in [-0.15, -0.1) is 0 Å². The Labute approximate surface area is 93.9 Å². The molecule has 0 radical (unpaired) electrons. The molecule has 86 valence electrons. The molecule has 0 N–H and O–H groups in total. The fourth-order valence-electron chi connectivity index (χ4n) is 1.37. The van der Waals surface area contributed by atoms with Gasteiger partial charge in [-0.25, -0.2) is 9.50 Å². The van der Waals surface area contributed by atoms with Crippen LogP contribution in [0.3, 0.4) is 0 Å². The second-order valence-corrected chi connectivity index (χ2v) is 3.61. The second-order valence-electron chi connectivity index (χ2n) is 3.22. The van der Waals surface area contributed by atoms with Crippen LogP contribution in [-0.2, 0) is 12.6 Å². The maximum atomic E-state index is 12.5. The molecule has 0 aliphatic rings. The average Bonchev–Trinajstić information content (AvgIpc) is 2.59. The van der Waals surface area contributed by atoms with E-state index in [-0.39, 0.29) is 10.8 Å². The van der Waals surface area contributed by atoms with Gasteiger partial charge in [0.05, 0.1) is 6.20 Å². The lowest BCUT2D eigenvalue weighted by atomic mass is 10.2. The lowest BCUT2D eigenvalue weighted by Gasteiger charge is -2.07. The Morgan fingerprint density at radius 2 is 2.12 bits per heavy atom. The van der Waals surface area contributed by atoms with E-state index in [1.807, 2.05) is 6.92 Å². The molecule has 0 amide bonds. The lowest BCUT2D eigenvalue weighted by Crippen LogP contribution is -2.10. The first-order valence-corrected chi connectivity index (χ1v) is 4.91. The second kappa shape index (κ2) is 3.62. The van der Waals surface area contributed by atoms with Crippen LogP contribution in [0.4, 0.5) is 13.2 Å². The van der Waals surface area contributed by atoms with E-state index in [0.29, 0.717) is 12.0 Å². The molecule has 0 bridgehead atoms. The van der Waals surface area contributed by atoms with Crippen LogP contribution >= 0.6 is 11.6 Å². The quantitative estimate of drug-likeness (QED) is 0.728. The molecule has 0 spiro atoms. The molecule has 0 fully saturated rings. The number of aromatic nitrogens is 3. The summed E-state index contributed by atoms with van der Waals surface area (Å²) in [6, 6.07) is 0.765. The molecule has 16 heavy (non-hydrogen) atoms. The van der Waals surface area contributed by atoms with Crippen molar-refractivity contribution in [3.8, 4) is 0 Å². The molecule has 0 aliphatic carbocycles. The van der Waals surface area contributed by atoms with Crippen LogP contribution in [0, 0.1) is 0 Å². The maximum absolute atomic E-state index is 12.5. The van der Waals surface area contributed by atoms with E-state index in [1.165, 1.54) is 10.7 Å². The van der Waals surface area contributed by atoms with Gasteiger partial charge in [0, 0.05) is 11.6 Å². The van der Waals surface area contributed by atoms with Crippen LogP contribution in [0.1, 0.15) is 18.2 Å². The van der Waals surface area contributed by atoms with Crippen molar-refractivity contribution < 1.29 is 13.2 Å². The van der Waals surface area contributed by atoms with Crippen LogP contribution in [-0.4, -0.2) is 14.6 Å². The zero-order valence-corrected chi connectivity index (χ0v) is 8.97. The normalized spacial score (nSPS) is 12.3. The Hall–Kier alpha value is -1.30. The average molecular weight is 250 g/mol. The Kier molecular flexibility index (Phi) is 2.53. The van der Waals surface area contributed by atoms with Crippen LogP contribution in [0.15, 0.2) is 12.3 Å². The Balaban J connectivity index is 2.73. The first-order chi connectivity index (χ1) is 7.43. The van der Waals surface area contributed by atoms with Crippen molar-refractivity contribution in [3.63, 3.8) is 0 Å². The third-order valence-corrected chi connectivity index (χ3v) is 2.44. The molecule has 0 unspecified atom stereocenters. The SMILES string of the molecule is CCc1cnn2c(Cl)cc(C(F)(F)F)nc12. The smallest absolute Gasteiger partial charge is 0.224 e. The summed E-state index contributed by atoms with van der Waals surface area (Å²) in [7, 11) is 0. The van der Waals surface area contributed by atoms with Gasteiger partial charge in [-0.2, -0.15) is 18.3 Å². The molecular formula is C9H7ClF3N3. The minimum Gasteiger partial charge on any atom is -0.224 e. The highest BCUT2D eigenvalue weighted by Gasteiger charge is 2.33. The minimum atomic E-state index is -4.50. The number of aryl methyl sites for hydroxylation is 1. The largest absolute Gasteiger partial charge is 0.433 e. The van der Waals surface area contributed by atoms with Crippen molar-refractivity contribution in [1.29, 1.82) is 0 Å². The molecule has 0 atom stereocenters. The van der Waals surface area contributed by atoms with Crippen molar-refractivity contribution >= 4 is 17.2 Å². The highest BCUT2D eigenvalue weighted by Crippen LogP contribution is 2.30. The zero-order chi connectivity index (χ0) is 11.9. The van der Waals surface area contributed by atoms with Gasteiger partial charge in [-0.05, 0) is 6.42 Å². The van der Waals surface area contributed by atoms with Gasteiger partial charge in [-0.3, -0.25) is 0 Å². The molecule has 2 heterocycles. The van der Waals surface area contributed by atoms with Crippen molar-refractivity contribution in [2.75, 3.05) is 0 Å². The third-order valence-electron chi connectivity index (χ3n) is 2.17. The van der Waals surface area contributed by atoms with Crippen LogP contribution < -0.4 is 0 Å². The molecule has 2 aromatic heterocycles. The molecule has 0 aromatic carbocycles. The molecule has 3 nitrogen and oxygen atoms in total. The number of rotatable bonds is 1. The number of hydrogen-bond donors (Lipinski definition) is 0.